The van der Waals surface area contributed by atoms with Gasteiger partial charge in [0.15, 0.2) is 5.78 Å². The predicted molar refractivity (Wildman–Crippen MR) is 118 cm³/mol. The fourth-order valence-corrected chi connectivity index (χ4v) is 3.00. The Hall–Kier alpha value is -3.19. The van der Waals surface area contributed by atoms with E-state index in [1.807, 2.05) is 37.3 Å². The molecule has 31 heavy (non-hydrogen) atoms. The van der Waals surface area contributed by atoms with Gasteiger partial charge in [-0.3, -0.25) is 14.4 Å². The molecule has 2 unspecified atom stereocenters. The number of aliphatic hydroxyl groups excluding tert-OH is 1. The van der Waals surface area contributed by atoms with Crippen LogP contribution >= 0.6 is 0 Å². The number of ketones is 1. The molecule has 0 aliphatic rings. The molecule has 0 aliphatic heterocycles. The van der Waals surface area contributed by atoms with E-state index in [0.29, 0.717) is 31.4 Å². The molecular weight excluding hydrogens is 396 g/mol. The summed E-state index contributed by atoms with van der Waals surface area (Å²) in [5.74, 6) is -0.885. The van der Waals surface area contributed by atoms with Crippen molar-refractivity contribution in [2.24, 2.45) is 5.92 Å². The van der Waals surface area contributed by atoms with Crippen molar-refractivity contribution >= 4 is 17.6 Å². The van der Waals surface area contributed by atoms with Crippen LogP contribution in [-0.2, 0) is 16.0 Å². The summed E-state index contributed by atoms with van der Waals surface area (Å²) in [4.78, 5) is 36.1. The summed E-state index contributed by atoms with van der Waals surface area (Å²) in [5.41, 5.74) is 1.41. The molecule has 0 fully saturated rings. The predicted octanol–water partition coefficient (Wildman–Crippen LogP) is 2.22. The molecule has 2 aromatic carbocycles. The number of carbonyl (C=O) groups is 3. The molecule has 0 aromatic heterocycles. The van der Waals surface area contributed by atoms with Gasteiger partial charge in [-0.2, -0.15) is 0 Å². The molecule has 7 nitrogen and oxygen atoms in total. The lowest BCUT2D eigenvalue weighted by Gasteiger charge is -2.13. The molecule has 2 atom stereocenters. The number of carbonyl (C=O) groups excluding carboxylic acids is 3. The van der Waals surface area contributed by atoms with E-state index in [1.54, 1.807) is 12.1 Å². The number of benzene rings is 2. The minimum Gasteiger partial charge on any atom is -0.508 e. The van der Waals surface area contributed by atoms with Gasteiger partial charge in [0.2, 0.25) is 5.91 Å². The first-order valence-electron chi connectivity index (χ1n) is 10.4. The first-order chi connectivity index (χ1) is 14.8. The fraction of sp³-hybridized carbons (Fsp3) is 0.375. The van der Waals surface area contributed by atoms with Crippen LogP contribution in [0.25, 0.3) is 0 Å². The second-order valence-corrected chi connectivity index (χ2v) is 7.69. The van der Waals surface area contributed by atoms with Crippen molar-refractivity contribution in [2.75, 3.05) is 13.1 Å². The Labute approximate surface area is 182 Å². The first kappa shape index (κ1) is 24.1. The topological polar surface area (TPSA) is 116 Å². The number of amides is 2. The van der Waals surface area contributed by atoms with Gasteiger partial charge in [0, 0.05) is 18.5 Å². The third-order valence-electron chi connectivity index (χ3n) is 4.96. The minimum atomic E-state index is -1.10. The number of rotatable bonds is 12. The maximum atomic E-state index is 12.1. The summed E-state index contributed by atoms with van der Waals surface area (Å²) in [7, 11) is 0. The summed E-state index contributed by atoms with van der Waals surface area (Å²) in [6, 6.07) is 15.7. The number of nitrogens with one attached hydrogen (secondary N) is 2. The van der Waals surface area contributed by atoms with E-state index in [4.69, 9.17) is 0 Å². The number of phenolic OH excluding ortho intramolecular Hbond substituents is 1. The Morgan fingerprint density at radius 3 is 2.42 bits per heavy atom. The number of Topliss-reactive ketones (excluding diaryl/α,β-unsaturated/α-hetero) is 1. The van der Waals surface area contributed by atoms with Gasteiger partial charge in [-0.15, -0.1) is 0 Å². The standard InChI is InChI=1S/C24H30N2O5/c1-17(15-26-24(31)19-8-5-9-20(27)14-19)10-13-23(30)25-16-22(29)21(28)12-11-18-6-3-2-4-7-18/h2-9,14,17,21,27-28H,10-13,15-16H2,1H3,(H,25,30)(H,26,31). The van der Waals surface area contributed by atoms with Crippen LogP contribution < -0.4 is 10.6 Å². The monoisotopic (exact) mass is 426 g/mol. The van der Waals surface area contributed by atoms with Crippen LogP contribution in [-0.4, -0.2) is 47.0 Å². The van der Waals surface area contributed by atoms with Crippen LogP contribution in [0.1, 0.15) is 42.1 Å². The van der Waals surface area contributed by atoms with Crippen LogP contribution in [0.2, 0.25) is 0 Å². The molecule has 0 spiro atoms. The number of aromatic hydroxyl groups is 1. The maximum absolute atomic E-state index is 12.1. The number of aliphatic hydroxyl groups is 1. The Morgan fingerprint density at radius 2 is 1.71 bits per heavy atom. The second kappa shape index (κ2) is 12.5. The van der Waals surface area contributed by atoms with Gasteiger partial charge < -0.3 is 20.8 Å². The molecule has 0 radical (unpaired) electrons. The second-order valence-electron chi connectivity index (χ2n) is 7.69. The molecule has 0 heterocycles. The van der Waals surface area contributed by atoms with Gasteiger partial charge in [-0.25, -0.2) is 0 Å². The van der Waals surface area contributed by atoms with Gasteiger partial charge >= 0.3 is 0 Å². The van der Waals surface area contributed by atoms with Gasteiger partial charge in [-0.1, -0.05) is 43.3 Å². The molecule has 0 saturated carbocycles. The number of hydrogen-bond acceptors (Lipinski definition) is 5. The van der Waals surface area contributed by atoms with Gasteiger partial charge in [-0.05, 0) is 48.9 Å². The lowest BCUT2D eigenvalue weighted by Crippen LogP contribution is -2.36. The van der Waals surface area contributed by atoms with Crippen molar-refractivity contribution in [3.63, 3.8) is 0 Å². The molecule has 7 heteroatoms. The molecule has 166 valence electrons. The van der Waals surface area contributed by atoms with Crippen LogP contribution in [0, 0.1) is 5.92 Å². The smallest absolute Gasteiger partial charge is 0.251 e. The summed E-state index contributed by atoms with van der Waals surface area (Å²) in [5, 5.41) is 24.7. The molecule has 0 saturated heterocycles. The molecular formula is C24H30N2O5. The zero-order valence-electron chi connectivity index (χ0n) is 17.7. The van der Waals surface area contributed by atoms with Gasteiger partial charge in [0.1, 0.15) is 11.9 Å². The lowest BCUT2D eigenvalue weighted by molar-refractivity contribution is -0.129. The molecule has 2 rings (SSSR count). The van der Waals surface area contributed by atoms with Crippen molar-refractivity contribution in [1.82, 2.24) is 10.6 Å². The molecule has 0 bridgehead atoms. The number of aryl methyl sites for hydroxylation is 1. The SMILES string of the molecule is CC(CCC(=O)NCC(=O)C(O)CCc1ccccc1)CNC(=O)c1cccc(O)c1. The van der Waals surface area contributed by atoms with Crippen molar-refractivity contribution in [3.05, 3.63) is 65.7 Å². The lowest BCUT2D eigenvalue weighted by atomic mass is 10.0. The Kier molecular flexibility index (Phi) is 9.71. The van der Waals surface area contributed by atoms with E-state index in [0.717, 1.165) is 5.56 Å². The van der Waals surface area contributed by atoms with E-state index in [2.05, 4.69) is 10.6 Å². The summed E-state index contributed by atoms with van der Waals surface area (Å²) >= 11 is 0. The van der Waals surface area contributed by atoms with Crippen LogP contribution in [0.5, 0.6) is 5.75 Å². The zero-order valence-corrected chi connectivity index (χ0v) is 17.7. The third-order valence-corrected chi connectivity index (χ3v) is 4.96. The van der Waals surface area contributed by atoms with E-state index >= 15 is 0 Å². The van der Waals surface area contributed by atoms with Gasteiger partial charge in [0.25, 0.3) is 5.91 Å². The quantitative estimate of drug-likeness (QED) is 0.415. The van der Waals surface area contributed by atoms with Crippen LogP contribution in [0.3, 0.4) is 0 Å². The van der Waals surface area contributed by atoms with Crippen molar-refractivity contribution in [3.8, 4) is 5.75 Å². The third kappa shape index (κ3) is 9.00. The maximum Gasteiger partial charge on any atom is 0.251 e. The average molecular weight is 427 g/mol. The number of hydrogen-bond donors (Lipinski definition) is 4. The Balaban J connectivity index is 1.61. The van der Waals surface area contributed by atoms with Crippen molar-refractivity contribution in [1.29, 1.82) is 0 Å². The van der Waals surface area contributed by atoms with Crippen LogP contribution in [0.15, 0.2) is 54.6 Å². The van der Waals surface area contributed by atoms with Gasteiger partial charge in [0.05, 0.1) is 6.54 Å². The molecule has 2 amide bonds. The van der Waals surface area contributed by atoms with E-state index in [1.165, 1.54) is 12.1 Å². The Morgan fingerprint density at radius 1 is 0.968 bits per heavy atom. The highest BCUT2D eigenvalue weighted by atomic mass is 16.3. The van der Waals surface area contributed by atoms with E-state index in [9.17, 15) is 24.6 Å². The number of phenols is 1. The fourth-order valence-electron chi connectivity index (χ4n) is 3.00. The van der Waals surface area contributed by atoms with E-state index in [-0.39, 0.29) is 36.4 Å². The molecule has 2 aromatic rings. The summed E-state index contributed by atoms with van der Waals surface area (Å²) in [6.07, 6.45) is 0.558. The van der Waals surface area contributed by atoms with Crippen molar-refractivity contribution < 1.29 is 24.6 Å². The summed E-state index contributed by atoms with van der Waals surface area (Å²) in [6.45, 7) is 2.10. The highest BCUT2D eigenvalue weighted by Crippen LogP contribution is 2.11. The van der Waals surface area contributed by atoms with Crippen LogP contribution in [0.4, 0.5) is 0 Å². The Bertz CT molecular complexity index is 869. The molecule has 0 aliphatic carbocycles. The first-order valence-corrected chi connectivity index (χ1v) is 10.4. The molecule has 4 N–H and O–H groups in total. The normalized spacial score (nSPS) is 12.6. The summed E-state index contributed by atoms with van der Waals surface area (Å²) < 4.78 is 0. The zero-order chi connectivity index (χ0) is 22.6. The average Bonchev–Trinajstić information content (AvgIpc) is 2.78. The van der Waals surface area contributed by atoms with Crippen molar-refractivity contribution in [2.45, 2.75) is 38.7 Å². The highest BCUT2D eigenvalue weighted by molar-refractivity contribution is 5.94. The minimum absolute atomic E-state index is 0.0251. The largest absolute Gasteiger partial charge is 0.508 e. The van der Waals surface area contributed by atoms with E-state index < -0.39 is 11.9 Å². The highest BCUT2D eigenvalue weighted by Gasteiger charge is 2.16.